The highest BCUT2D eigenvalue weighted by atomic mass is 35.5. The van der Waals surface area contributed by atoms with E-state index in [0.717, 1.165) is 6.41 Å². The molecule has 10 nitrogen and oxygen atoms in total. The molecule has 0 unspecified atom stereocenters. The molecule has 1 spiro atoms. The van der Waals surface area contributed by atoms with Gasteiger partial charge in [-0.25, -0.2) is 0 Å². The maximum Gasteiger partial charge on any atom is 0.247 e. The average molecular weight is 568 g/mol. The van der Waals surface area contributed by atoms with E-state index in [1.807, 2.05) is 38.1 Å². The van der Waals surface area contributed by atoms with Gasteiger partial charge in [-0.2, -0.15) is 5.26 Å². The minimum absolute atomic E-state index is 0. The third kappa shape index (κ3) is 4.84. The number of allylic oxidation sites excluding steroid dienone is 1. The number of carbonyl (C=O) groups excluding carboxylic acids is 3. The second kappa shape index (κ2) is 11.5. The molecule has 0 saturated carbocycles. The maximum atomic E-state index is 14.0. The number of likely N-dealkylation sites (N-methyl/N-ethyl adjacent to an activating group) is 1. The molecule has 5 rings (SSSR count). The zero-order valence-electron chi connectivity index (χ0n) is 23.1. The van der Waals surface area contributed by atoms with E-state index in [2.05, 4.69) is 6.07 Å². The molecule has 3 aliphatic rings. The first-order chi connectivity index (χ1) is 17.9. The number of nitriles is 1. The van der Waals surface area contributed by atoms with Crippen LogP contribution in [0.25, 0.3) is 0 Å². The van der Waals surface area contributed by atoms with Crippen molar-refractivity contribution in [1.29, 1.82) is 5.26 Å². The van der Waals surface area contributed by atoms with E-state index >= 15 is 0 Å². The number of para-hydroxylation sites is 1. The van der Waals surface area contributed by atoms with Crippen LogP contribution in [0.1, 0.15) is 32.3 Å². The zero-order valence-corrected chi connectivity index (χ0v) is 23.8. The normalized spacial score (nSPS) is 20.4. The average Bonchev–Trinajstić information content (AvgIpc) is 3.07. The van der Waals surface area contributed by atoms with Gasteiger partial charge in [-0.05, 0) is 42.2 Å². The summed E-state index contributed by atoms with van der Waals surface area (Å²) in [7, 11) is 5.05. The molecule has 0 fully saturated rings. The molecule has 2 heterocycles. The number of amides is 2. The monoisotopic (exact) mass is 567 g/mol. The van der Waals surface area contributed by atoms with E-state index in [9.17, 15) is 19.6 Å². The van der Waals surface area contributed by atoms with Crippen molar-refractivity contribution in [1.82, 2.24) is 4.90 Å². The predicted octanol–water partition coefficient (Wildman–Crippen LogP) is 2.47. The quantitative estimate of drug-likeness (QED) is 0.545. The molecule has 212 valence electrons. The first-order valence-electron chi connectivity index (χ1n) is 12.1. The summed E-state index contributed by atoms with van der Waals surface area (Å²) in [6.07, 6.45) is 1.55. The van der Waals surface area contributed by atoms with Crippen molar-refractivity contribution in [2.24, 2.45) is 11.1 Å². The fourth-order valence-electron chi connectivity index (χ4n) is 5.55. The number of benzene rings is 2. The number of carbonyl (C=O) groups is 3. The summed E-state index contributed by atoms with van der Waals surface area (Å²) < 4.78 is 0. The van der Waals surface area contributed by atoms with E-state index in [1.165, 1.54) is 9.80 Å². The van der Waals surface area contributed by atoms with Gasteiger partial charge in [0, 0.05) is 60.8 Å². The number of fused-ring (bicyclic) bond motifs is 3. The maximum absolute atomic E-state index is 14.0. The van der Waals surface area contributed by atoms with Crippen molar-refractivity contribution in [2.45, 2.75) is 32.1 Å². The van der Waals surface area contributed by atoms with Crippen molar-refractivity contribution in [2.75, 3.05) is 30.9 Å². The lowest BCUT2D eigenvalue weighted by Gasteiger charge is -2.46. The standard InChI is InChI=1S/C26H23ClN4O2.C3H7NO.2H2O/c1-25(2)12-20-22(21(32)13-25)26(17-6-4-5-7-19(17)30(3)24(26)33)18(14-28)23(29)31(20)16-10-8-15(27)9-11-16;1-4(2)3-5;;/h4-11H,12-13,29H2,1-3H3;3H,1-2H3;2*1H2/t26-;;;/m0.../s1. The van der Waals surface area contributed by atoms with Crippen LogP contribution in [-0.2, 0) is 19.8 Å². The van der Waals surface area contributed by atoms with Crippen molar-refractivity contribution >= 4 is 41.1 Å². The topological polar surface area (TPSA) is 174 Å². The summed E-state index contributed by atoms with van der Waals surface area (Å²) in [6.45, 7) is 4.05. The highest BCUT2D eigenvalue weighted by Crippen LogP contribution is 2.58. The molecule has 11 heteroatoms. The van der Waals surface area contributed by atoms with E-state index in [4.69, 9.17) is 17.3 Å². The number of nitrogens with two attached hydrogens (primary N) is 1. The molecule has 2 amide bonds. The fraction of sp³-hybridized carbons (Fsp3) is 0.310. The van der Waals surface area contributed by atoms with Gasteiger partial charge in [-0.15, -0.1) is 0 Å². The van der Waals surface area contributed by atoms with Crippen LogP contribution in [0, 0.1) is 16.7 Å². The summed E-state index contributed by atoms with van der Waals surface area (Å²) in [5.74, 6) is -0.319. The molecule has 2 aliphatic heterocycles. The summed E-state index contributed by atoms with van der Waals surface area (Å²) in [6, 6.07) is 16.6. The third-order valence-electron chi connectivity index (χ3n) is 7.07. The molecule has 6 N–H and O–H groups in total. The van der Waals surface area contributed by atoms with Gasteiger partial charge in [0.25, 0.3) is 0 Å². The Morgan fingerprint density at radius 3 is 2.17 bits per heavy atom. The molecule has 0 bridgehead atoms. The number of ketones is 1. The highest BCUT2D eigenvalue weighted by Gasteiger charge is 2.62. The number of hydrogen-bond acceptors (Lipinski definition) is 6. The molecule has 1 atom stereocenters. The smallest absolute Gasteiger partial charge is 0.247 e. The molecule has 2 aromatic carbocycles. The number of nitrogens with zero attached hydrogens (tertiary/aromatic N) is 4. The van der Waals surface area contributed by atoms with Gasteiger partial charge >= 0.3 is 0 Å². The Kier molecular flexibility index (Phi) is 9.23. The zero-order chi connectivity index (χ0) is 28.0. The van der Waals surface area contributed by atoms with Gasteiger partial charge in [0.05, 0.1) is 5.57 Å². The van der Waals surface area contributed by atoms with E-state index in [-0.39, 0.29) is 45.9 Å². The first-order valence-corrected chi connectivity index (χ1v) is 12.5. The summed E-state index contributed by atoms with van der Waals surface area (Å²) >= 11 is 6.11. The molecule has 2 aromatic rings. The van der Waals surface area contributed by atoms with E-state index in [0.29, 0.717) is 39.7 Å². The molecular weight excluding hydrogens is 534 g/mol. The number of anilines is 2. The Balaban J connectivity index is 0.000000738. The van der Waals surface area contributed by atoms with Crippen molar-refractivity contribution in [3.63, 3.8) is 0 Å². The largest absolute Gasteiger partial charge is 0.412 e. The van der Waals surface area contributed by atoms with Gasteiger partial charge in [-0.3, -0.25) is 19.3 Å². The second-order valence-corrected chi connectivity index (χ2v) is 11.1. The van der Waals surface area contributed by atoms with Crippen LogP contribution in [0.4, 0.5) is 11.4 Å². The van der Waals surface area contributed by atoms with Crippen LogP contribution in [0.3, 0.4) is 0 Å². The predicted molar refractivity (Wildman–Crippen MR) is 154 cm³/mol. The van der Waals surface area contributed by atoms with Crippen molar-refractivity contribution in [3.8, 4) is 6.07 Å². The van der Waals surface area contributed by atoms with Crippen LogP contribution in [0.15, 0.2) is 71.2 Å². The molecule has 0 aromatic heterocycles. The van der Waals surface area contributed by atoms with Crippen LogP contribution < -0.4 is 15.5 Å². The highest BCUT2D eigenvalue weighted by molar-refractivity contribution is 6.30. The van der Waals surface area contributed by atoms with Crippen molar-refractivity contribution < 1.29 is 25.3 Å². The Morgan fingerprint density at radius 2 is 1.62 bits per heavy atom. The third-order valence-corrected chi connectivity index (χ3v) is 7.32. The minimum Gasteiger partial charge on any atom is -0.412 e. The summed E-state index contributed by atoms with van der Waals surface area (Å²) in [5.41, 5.74) is 7.88. The lowest BCUT2D eigenvalue weighted by molar-refractivity contribution is -0.124. The van der Waals surface area contributed by atoms with Crippen LogP contribution in [-0.4, -0.2) is 55.1 Å². The molecule has 40 heavy (non-hydrogen) atoms. The van der Waals surface area contributed by atoms with Gasteiger partial charge in [-0.1, -0.05) is 43.6 Å². The summed E-state index contributed by atoms with van der Waals surface area (Å²) in [4.78, 5) is 41.9. The minimum atomic E-state index is -1.55. The number of Topliss-reactive ketones (excluding diaryl/α,β-unsaturated/α-hetero) is 1. The fourth-order valence-corrected chi connectivity index (χ4v) is 5.67. The van der Waals surface area contributed by atoms with Gasteiger partial charge < -0.3 is 26.5 Å². The Bertz CT molecular complexity index is 1440. The van der Waals surface area contributed by atoms with Gasteiger partial charge in [0.15, 0.2) is 5.78 Å². The number of halogens is 1. The van der Waals surface area contributed by atoms with E-state index in [1.54, 1.807) is 50.3 Å². The Hall–Kier alpha value is -4.17. The number of hydrogen-bond donors (Lipinski definition) is 1. The van der Waals surface area contributed by atoms with E-state index < -0.39 is 5.41 Å². The van der Waals surface area contributed by atoms with Crippen LogP contribution >= 0.6 is 11.6 Å². The SMILES string of the molecule is CN(C)C=O.CN1C(=O)[C@]2(C(C#N)=C(N)N(c3ccc(Cl)cc3)C3=C2C(=O)CC(C)(C)C3)c2ccccc21.O.O. The molecule has 1 aliphatic carbocycles. The Labute approximate surface area is 238 Å². The molecule has 0 saturated heterocycles. The molecular formula is C29H34ClN5O5. The lowest BCUT2D eigenvalue weighted by Crippen LogP contribution is -2.53. The lowest BCUT2D eigenvalue weighted by atomic mass is 9.60. The number of rotatable bonds is 2. The molecule has 0 radical (unpaired) electrons. The summed E-state index contributed by atoms with van der Waals surface area (Å²) in [5, 5.41) is 10.9. The van der Waals surface area contributed by atoms with Gasteiger partial charge in [0.2, 0.25) is 12.3 Å². The second-order valence-electron chi connectivity index (χ2n) is 10.6. The first kappa shape index (κ1) is 32.0. The van der Waals surface area contributed by atoms with Crippen LogP contribution in [0.2, 0.25) is 5.02 Å². The van der Waals surface area contributed by atoms with Crippen LogP contribution in [0.5, 0.6) is 0 Å². The van der Waals surface area contributed by atoms with Gasteiger partial charge in [0.1, 0.15) is 17.3 Å². The van der Waals surface area contributed by atoms with Crippen molar-refractivity contribution in [3.05, 3.63) is 81.8 Å². The Morgan fingerprint density at radius 1 is 1.05 bits per heavy atom.